The number of methoxy groups -OCH3 is 1. The first kappa shape index (κ1) is 25.3. The predicted molar refractivity (Wildman–Crippen MR) is 127 cm³/mol. The van der Waals surface area contributed by atoms with Gasteiger partial charge in [-0.3, -0.25) is 4.79 Å². The Balaban J connectivity index is 0.00000272. The van der Waals surface area contributed by atoms with Gasteiger partial charge < -0.3 is 15.2 Å². The Hall–Kier alpha value is -0.320. The third-order valence-corrected chi connectivity index (χ3v) is 10.2. The van der Waals surface area contributed by atoms with Gasteiger partial charge in [0.1, 0.15) is 0 Å². The zero-order chi connectivity index (χ0) is 21.7. The van der Waals surface area contributed by atoms with Crippen LogP contribution < -0.4 is 5.32 Å². The largest absolute Gasteiger partial charge is 0.469 e. The SMILES string of the molecule is COC(=O)[C@H]1CC[C@H]2[C@@H]3CC[C@H]4C[C@H](O)CC[C@]4(C)[C@H]3[C@H](NCCC(C)C)C[C@]12C.Cl. The molecule has 0 radical (unpaired) electrons. The summed E-state index contributed by atoms with van der Waals surface area (Å²) in [6, 6.07) is 0.475. The topological polar surface area (TPSA) is 58.6 Å². The first-order valence-electron chi connectivity index (χ1n) is 12.7. The van der Waals surface area contributed by atoms with E-state index in [9.17, 15) is 9.90 Å². The van der Waals surface area contributed by atoms with Crippen LogP contribution in [0.3, 0.4) is 0 Å². The minimum Gasteiger partial charge on any atom is -0.469 e. The molecule has 4 fully saturated rings. The number of fused-ring (bicyclic) bond motifs is 5. The molecule has 0 amide bonds. The number of rotatable bonds is 5. The molecule has 180 valence electrons. The number of ether oxygens (including phenoxy) is 1. The molecular formula is C26H46ClNO3. The molecule has 0 aromatic heterocycles. The molecule has 4 saturated carbocycles. The summed E-state index contributed by atoms with van der Waals surface area (Å²) in [6.07, 6.45) is 10.0. The predicted octanol–water partition coefficient (Wildman–Crippen LogP) is 5.22. The molecule has 0 heterocycles. The molecule has 0 saturated heterocycles. The fourth-order valence-electron chi connectivity index (χ4n) is 8.70. The van der Waals surface area contributed by atoms with Crippen LogP contribution in [0.1, 0.15) is 85.5 Å². The minimum absolute atomic E-state index is 0. The number of halogens is 1. The molecule has 0 bridgehead atoms. The van der Waals surface area contributed by atoms with Gasteiger partial charge in [0, 0.05) is 6.04 Å². The molecule has 0 aromatic carbocycles. The maximum absolute atomic E-state index is 12.7. The highest BCUT2D eigenvalue weighted by molar-refractivity contribution is 5.85. The number of carbonyl (C=O) groups is 1. The van der Waals surface area contributed by atoms with Crippen LogP contribution in [0.4, 0.5) is 0 Å². The molecule has 0 aliphatic heterocycles. The maximum atomic E-state index is 12.7. The molecule has 4 aliphatic carbocycles. The Kier molecular flexibility index (Phi) is 7.76. The Morgan fingerprint density at radius 1 is 1.13 bits per heavy atom. The van der Waals surface area contributed by atoms with Crippen LogP contribution >= 0.6 is 12.4 Å². The number of nitrogens with one attached hydrogen (secondary N) is 1. The number of hydrogen-bond donors (Lipinski definition) is 2. The molecule has 4 rings (SSSR count). The fourth-order valence-corrected chi connectivity index (χ4v) is 8.70. The zero-order valence-corrected chi connectivity index (χ0v) is 21.2. The average Bonchev–Trinajstić information content (AvgIpc) is 3.04. The second-order valence-corrected chi connectivity index (χ2v) is 12.1. The highest BCUT2D eigenvalue weighted by Gasteiger charge is 2.64. The maximum Gasteiger partial charge on any atom is 0.309 e. The van der Waals surface area contributed by atoms with Crippen LogP contribution in [-0.2, 0) is 9.53 Å². The van der Waals surface area contributed by atoms with Gasteiger partial charge in [0.15, 0.2) is 0 Å². The second-order valence-electron chi connectivity index (χ2n) is 12.1. The summed E-state index contributed by atoms with van der Waals surface area (Å²) in [5.74, 6) is 3.44. The lowest BCUT2D eigenvalue weighted by atomic mass is 9.43. The van der Waals surface area contributed by atoms with Gasteiger partial charge in [0.25, 0.3) is 0 Å². The van der Waals surface area contributed by atoms with E-state index in [2.05, 4.69) is 33.0 Å². The van der Waals surface area contributed by atoms with Crippen LogP contribution in [0.5, 0.6) is 0 Å². The smallest absolute Gasteiger partial charge is 0.309 e. The molecule has 4 nitrogen and oxygen atoms in total. The fraction of sp³-hybridized carbons (Fsp3) is 0.962. The van der Waals surface area contributed by atoms with Crippen LogP contribution in [0.25, 0.3) is 0 Å². The van der Waals surface area contributed by atoms with Crippen molar-refractivity contribution >= 4 is 18.4 Å². The van der Waals surface area contributed by atoms with Crippen molar-refractivity contribution in [1.29, 1.82) is 0 Å². The first-order chi connectivity index (χ1) is 14.2. The summed E-state index contributed by atoms with van der Waals surface area (Å²) in [6.45, 7) is 10.6. The van der Waals surface area contributed by atoms with Gasteiger partial charge >= 0.3 is 5.97 Å². The summed E-state index contributed by atoms with van der Waals surface area (Å²) in [5, 5.41) is 14.4. The van der Waals surface area contributed by atoms with Crippen molar-refractivity contribution in [3.05, 3.63) is 0 Å². The van der Waals surface area contributed by atoms with Gasteiger partial charge in [-0.05, 0) is 105 Å². The van der Waals surface area contributed by atoms with Gasteiger partial charge in [-0.25, -0.2) is 0 Å². The van der Waals surface area contributed by atoms with Crippen LogP contribution in [0.15, 0.2) is 0 Å². The van der Waals surface area contributed by atoms with Crippen molar-refractivity contribution in [2.24, 2.45) is 46.3 Å². The zero-order valence-electron chi connectivity index (χ0n) is 20.4. The molecule has 0 spiro atoms. The van der Waals surface area contributed by atoms with Gasteiger partial charge in [-0.2, -0.15) is 0 Å². The van der Waals surface area contributed by atoms with E-state index in [1.165, 1.54) is 25.7 Å². The second kappa shape index (κ2) is 9.50. The van der Waals surface area contributed by atoms with E-state index < -0.39 is 0 Å². The van der Waals surface area contributed by atoms with Crippen LogP contribution in [0, 0.1) is 46.3 Å². The Bertz CT molecular complexity index is 642. The Morgan fingerprint density at radius 3 is 2.55 bits per heavy atom. The lowest BCUT2D eigenvalue weighted by Crippen LogP contribution is -2.62. The number of hydrogen-bond acceptors (Lipinski definition) is 4. The standard InChI is InChI=1S/C26H45NO3.ClH/c1-16(2)11-13-27-22-15-26(4)20(8-9-21(26)24(29)30-5)19-7-6-17-14-18(28)10-12-25(17,3)23(19)22;/h16-23,27-28H,6-15H2,1-5H3;1H/t17-,18+,19-,20-,21+,22+,23+,25-,26-;/m0./s1. The summed E-state index contributed by atoms with van der Waals surface area (Å²) in [5.41, 5.74) is 0.378. The number of esters is 1. The van der Waals surface area contributed by atoms with E-state index in [1.807, 2.05) is 0 Å². The lowest BCUT2D eigenvalue weighted by Gasteiger charge is -2.63. The monoisotopic (exact) mass is 455 g/mol. The van der Waals surface area contributed by atoms with Gasteiger partial charge in [0.2, 0.25) is 0 Å². The van der Waals surface area contributed by atoms with E-state index in [0.29, 0.717) is 41.0 Å². The van der Waals surface area contributed by atoms with Gasteiger partial charge in [-0.15, -0.1) is 12.4 Å². The highest BCUT2D eigenvalue weighted by Crippen LogP contribution is 2.67. The molecule has 31 heavy (non-hydrogen) atoms. The average molecular weight is 456 g/mol. The number of aliphatic hydroxyl groups is 1. The molecule has 2 N–H and O–H groups in total. The van der Waals surface area contributed by atoms with E-state index in [4.69, 9.17) is 4.74 Å². The lowest BCUT2D eigenvalue weighted by molar-refractivity contribution is -0.161. The van der Waals surface area contributed by atoms with Crippen molar-refractivity contribution in [2.45, 2.75) is 97.6 Å². The number of carbonyl (C=O) groups excluding carboxylic acids is 1. The normalized spacial score (nSPS) is 46.5. The summed E-state index contributed by atoms with van der Waals surface area (Å²) >= 11 is 0. The van der Waals surface area contributed by atoms with E-state index in [1.54, 1.807) is 7.11 Å². The molecule has 9 atom stereocenters. The summed E-state index contributed by atoms with van der Waals surface area (Å²) in [7, 11) is 1.56. The van der Waals surface area contributed by atoms with E-state index in [-0.39, 0.29) is 35.8 Å². The van der Waals surface area contributed by atoms with Crippen molar-refractivity contribution < 1.29 is 14.6 Å². The van der Waals surface area contributed by atoms with E-state index in [0.717, 1.165) is 38.6 Å². The van der Waals surface area contributed by atoms with Crippen LogP contribution in [-0.4, -0.2) is 36.9 Å². The minimum atomic E-state index is -0.101. The van der Waals surface area contributed by atoms with Gasteiger partial charge in [0.05, 0.1) is 19.1 Å². The molecule has 0 aromatic rings. The van der Waals surface area contributed by atoms with Gasteiger partial charge in [-0.1, -0.05) is 27.7 Å². The summed E-state index contributed by atoms with van der Waals surface area (Å²) < 4.78 is 5.26. The van der Waals surface area contributed by atoms with Crippen molar-refractivity contribution in [3.63, 3.8) is 0 Å². The third-order valence-electron chi connectivity index (χ3n) is 10.2. The quantitative estimate of drug-likeness (QED) is 0.558. The highest BCUT2D eigenvalue weighted by atomic mass is 35.5. The molecule has 4 aliphatic rings. The van der Waals surface area contributed by atoms with E-state index >= 15 is 0 Å². The van der Waals surface area contributed by atoms with Crippen molar-refractivity contribution in [3.8, 4) is 0 Å². The number of aliphatic hydroxyl groups excluding tert-OH is 1. The molecule has 5 heteroatoms. The Morgan fingerprint density at radius 2 is 1.87 bits per heavy atom. The van der Waals surface area contributed by atoms with Crippen LogP contribution in [0.2, 0.25) is 0 Å². The third kappa shape index (κ3) is 4.30. The Labute approximate surface area is 196 Å². The van der Waals surface area contributed by atoms with Crippen molar-refractivity contribution in [1.82, 2.24) is 5.32 Å². The summed E-state index contributed by atoms with van der Waals surface area (Å²) in [4.78, 5) is 12.7. The molecule has 0 unspecified atom stereocenters. The van der Waals surface area contributed by atoms with Crippen molar-refractivity contribution in [2.75, 3.05) is 13.7 Å². The first-order valence-corrected chi connectivity index (χ1v) is 12.7. The molecular weight excluding hydrogens is 410 g/mol.